The predicted molar refractivity (Wildman–Crippen MR) is 121 cm³/mol. The van der Waals surface area contributed by atoms with Crippen molar-refractivity contribution in [2.45, 2.75) is 37.9 Å². The molecule has 3 aromatic carbocycles. The van der Waals surface area contributed by atoms with E-state index in [0.717, 1.165) is 24.2 Å². The van der Waals surface area contributed by atoms with E-state index in [-0.39, 0.29) is 0 Å². The Bertz CT molecular complexity index is 812. The fraction of sp³-hybridized carbons (Fsp3) is 0.250. The summed E-state index contributed by atoms with van der Waals surface area (Å²) in [4.78, 5) is 0. The molecule has 0 unspecified atom stereocenters. The van der Waals surface area contributed by atoms with E-state index in [0.29, 0.717) is 0 Å². The number of rotatable bonds is 8. The Kier molecular flexibility index (Phi) is 6.35. The monoisotopic (exact) mass is 374 g/mol. The normalized spacial score (nSPS) is 11.4. The highest BCUT2D eigenvalue weighted by atomic mass is 28.3. The van der Waals surface area contributed by atoms with E-state index in [1.54, 1.807) is 5.19 Å². The van der Waals surface area contributed by atoms with E-state index in [1.807, 2.05) is 12.1 Å². The lowest BCUT2D eigenvalue weighted by Gasteiger charge is -2.32. The Morgan fingerprint density at radius 1 is 0.667 bits per heavy atom. The molecule has 140 valence electrons. The number of anilines is 2. The van der Waals surface area contributed by atoms with Gasteiger partial charge in [-0.05, 0) is 60.3 Å². The minimum absolute atomic E-state index is 0.857. The summed E-state index contributed by atoms with van der Waals surface area (Å²) < 4.78 is 0. The quantitative estimate of drug-likeness (QED) is 0.430. The van der Waals surface area contributed by atoms with Crippen molar-refractivity contribution in [3.63, 3.8) is 0 Å². The molecular formula is C24H30N2Si. The van der Waals surface area contributed by atoms with Gasteiger partial charge in [0.2, 0.25) is 0 Å². The van der Waals surface area contributed by atoms with Gasteiger partial charge in [0.25, 0.3) is 0 Å². The fourth-order valence-corrected chi connectivity index (χ4v) is 8.40. The molecule has 0 atom stereocenters. The van der Waals surface area contributed by atoms with Crippen LogP contribution in [-0.2, 0) is 12.8 Å². The van der Waals surface area contributed by atoms with Crippen LogP contribution in [0.1, 0.15) is 18.1 Å². The summed E-state index contributed by atoms with van der Waals surface area (Å²) in [6.45, 7) is 2.37. The van der Waals surface area contributed by atoms with Gasteiger partial charge in [0.05, 0.1) is 8.07 Å². The van der Waals surface area contributed by atoms with Crippen LogP contribution in [0, 0.1) is 0 Å². The average Bonchev–Trinajstić information content (AvgIpc) is 2.69. The number of hydrogen-bond donors (Lipinski definition) is 2. The molecule has 0 radical (unpaired) electrons. The standard InChI is InChI=1S/C24H30N2Si/c1-2-27(24-12-4-3-5-13-24,16-14-20-8-6-10-22(25)18-20)17-15-21-9-7-11-23(26)19-21/h3-13,18-19H,2,14-17,25-26H2,1H3. The molecule has 3 aromatic rings. The third kappa shape index (κ3) is 5.01. The zero-order valence-corrected chi connectivity index (χ0v) is 17.2. The molecule has 3 heteroatoms. The molecule has 0 spiro atoms. The van der Waals surface area contributed by atoms with Gasteiger partial charge in [-0.3, -0.25) is 0 Å². The first-order valence-corrected chi connectivity index (χ1v) is 12.5. The van der Waals surface area contributed by atoms with Crippen molar-refractivity contribution in [1.82, 2.24) is 0 Å². The van der Waals surface area contributed by atoms with Crippen LogP contribution >= 0.6 is 0 Å². The molecule has 0 bridgehead atoms. The second-order valence-electron chi connectivity index (χ2n) is 7.49. The molecule has 0 aliphatic carbocycles. The van der Waals surface area contributed by atoms with Gasteiger partial charge < -0.3 is 11.5 Å². The number of nitrogens with two attached hydrogens (primary N) is 2. The molecule has 0 heterocycles. The molecule has 0 amide bonds. The van der Waals surface area contributed by atoms with Crippen molar-refractivity contribution in [3.8, 4) is 0 Å². The molecule has 0 aromatic heterocycles. The molecule has 0 saturated heterocycles. The van der Waals surface area contributed by atoms with E-state index in [9.17, 15) is 0 Å². The van der Waals surface area contributed by atoms with Gasteiger partial charge in [-0.2, -0.15) is 0 Å². The zero-order chi connectivity index (χ0) is 19.1. The summed E-state index contributed by atoms with van der Waals surface area (Å²) in [6.07, 6.45) is 2.19. The third-order valence-corrected chi connectivity index (χ3v) is 11.1. The van der Waals surface area contributed by atoms with Crippen LogP contribution in [-0.4, -0.2) is 8.07 Å². The predicted octanol–water partition coefficient (Wildman–Crippen LogP) is 5.01. The smallest absolute Gasteiger partial charge is 0.0870 e. The first-order chi connectivity index (χ1) is 13.1. The van der Waals surface area contributed by atoms with E-state index in [1.165, 1.54) is 29.3 Å². The molecule has 0 aliphatic rings. The second kappa shape index (κ2) is 8.91. The Labute approximate surface area is 164 Å². The van der Waals surface area contributed by atoms with Crippen LogP contribution < -0.4 is 16.7 Å². The fourth-order valence-electron chi connectivity index (χ4n) is 4.03. The van der Waals surface area contributed by atoms with Gasteiger partial charge in [0, 0.05) is 11.4 Å². The van der Waals surface area contributed by atoms with Gasteiger partial charge in [0.1, 0.15) is 0 Å². The summed E-state index contributed by atoms with van der Waals surface area (Å²) in [5, 5.41) is 1.57. The molecule has 27 heavy (non-hydrogen) atoms. The van der Waals surface area contributed by atoms with E-state index >= 15 is 0 Å². The summed E-state index contributed by atoms with van der Waals surface area (Å²) in [7, 11) is -1.63. The largest absolute Gasteiger partial charge is 0.399 e. The van der Waals surface area contributed by atoms with Crippen LogP contribution in [0.2, 0.25) is 18.1 Å². The SMILES string of the molecule is CC[Si](CCc1cccc(N)c1)(CCc1cccc(N)c1)c1ccccc1. The van der Waals surface area contributed by atoms with Crippen LogP contribution in [0.4, 0.5) is 11.4 Å². The van der Waals surface area contributed by atoms with Crippen molar-refractivity contribution < 1.29 is 0 Å². The second-order valence-corrected chi connectivity index (χ2v) is 12.3. The topological polar surface area (TPSA) is 52.0 Å². The summed E-state index contributed by atoms with van der Waals surface area (Å²) in [6, 6.07) is 31.6. The number of benzene rings is 3. The van der Waals surface area contributed by atoms with Gasteiger partial charge in [-0.15, -0.1) is 0 Å². The Morgan fingerprint density at radius 2 is 1.19 bits per heavy atom. The lowest BCUT2D eigenvalue weighted by Crippen LogP contribution is -2.47. The number of nitrogen functional groups attached to an aromatic ring is 2. The summed E-state index contributed by atoms with van der Waals surface area (Å²) >= 11 is 0. The maximum atomic E-state index is 5.99. The van der Waals surface area contributed by atoms with Gasteiger partial charge in [-0.25, -0.2) is 0 Å². The van der Waals surface area contributed by atoms with Crippen molar-refractivity contribution in [3.05, 3.63) is 90.0 Å². The molecule has 2 nitrogen and oxygen atoms in total. The summed E-state index contributed by atoms with van der Waals surface area (Å²) in [5.74, 6) is 0. The molecule has 0 aliphatic heterocycles. The van der Waals surface area contributed by atoms with Crippen LogP contribution in [0.15, 0.2) is 78.9 Å². The minimum Gasteiger partial charge on any atom is -0.399 e. The van der Waals surface area contributed by atoms with Crippen LogP contribution in [0.25, 0.3) is 0 Å². The van der Waals surface area contributed by atoms with Gasteiger partial charge in [0.15, 0.2) is 0 Å². The van der Waals surface area contributed by atoms with Crippen molar-refractivity contribution in [2.24, 2.45) is 0 Å². The zero-order valence-electron chi connectivity index (χ0n) is 16.2. The van der Waals surface area contributed by atoms with E-state index in [4.69, 9.17) is 11.5 Å². The third-order valence-electron chi connectivity index (χ3n) is 5.75. The lowest BCUT2D eigenvalue weighted by molar-refractivity contribution is 1.01. The minimum atomic E-state index is -1.63. The maximum absolute atomic E-state index is 5.99. The highest BCUT2D eigenvalue weighted by molar-refractivity contribution is 6.91. The molecule has 0 saturated carbocycles. The van der Waals surface area contributed by atoms with Crippen molar-refractivity contribution >= 4 is 24.6 Å². The average molecular weight is 375 g/mol. The van der Waals surface area contributed by atoms with E-state index < -0.39 is 8.07 Å². The molecule has 0 fully saturated rings. The molecule has 3 rings (SSSR count). The molecular weight excluding hydrogens is 344 g/mol. The van der Waals surface area contributed by atoms with Crippen molar-refractivity contribution in [1.29, 1.82) is 0 Å². The van der Waals surface area contributed by atoms with Gasteiger partial charge in [-0.1, -0.05) is 72.8 Å². The summed E-state index contributed by atoms with van der Waals surface area (Å²) in [5.41, 5.74) is 16.4. The van der Waals surface area contributed by atoms with Crippen molar-refractivity contribution in [2.75, 3.05) is 11.5 Å². The Balaban J connectivity index is 1.83. The van der Waals surface area contributed by atoms with Gasteiger partial charge >= 0.3 is 0 Å². The van der Waals surface area contributed by atoms with Crippen LogP contribution in [0.3, 0.4) is 0 Å². The van der Waals surface area contributed by atoms with E-state index in [2.05, 4.69) is 73.7 Å². The first kappa shape index (κ1) is 19.2. The van der Waals surface area contributed by atoms with Crippen LogP contribution in [0.5, 0.6) is 0 Å². The maximum Gasteiger partial charge on any atom is 0.0870 e. The highest BCUT2D eigenvalue weighted by Gasteiger charge is 2.32. The number of hydrogen-bond acceptors (Lipinski definition) is 2. The highest BCUT2D eigenvalue weighted by Crippen LogP contribution is 2.26. The Morgan fingerprint density at radius 3 is 1.63 bits per heavy atom. The lowest BCUT2D eigenvalue weighted by atomic mass is 10.1. The number of aryl methyl sites for hydroxylation is 2. The Hall–Kier alpha value is -2.52. The first-order valence-electron chi connectivity index (χ1n) is 9.86. The molecule has 4 N–H and O–H groups in total.